The van der Waals surface area contributed by atoms with Gasteiger partial charge in [0.15, 0.2) is 11.5 Å². The molecule has 1 aromatic heterocycles. The Morgan fingerprint density at radius 2 is 1.79 bits per heavy atom. The molecule has 2 unspecified atom stereocenters. The number of phenols is 1. The standard InChI is InChI=1S/C25H31N3O5/c1-16-14-28(15-17(2)33-16)9-10-32-19-6-7-20(22(29)12-19)25-21(13-26-27-25)18-5-8-23(30-3)24(11-18)31-4/h5-8,11-13,16-17,29H,9-10,14-15H2,1-4H3,(H,26,27). The van der Waals surface area contributed by atoms with Gasteiger partial charge in [0.05, 0.1) is 38.3 Å². The fourth-order valence-corrected chi connectivity index (χ4v) is 4.29. The number of methoxy groups -OCH3 is 2. The molecule has 1 saturated heterocycles. The Kier molecular flexibility index (Phi) is 7.05. The molecule has 1 aliphatic heterocycles. The molecular weight excluding hydrogens is 422 g/mol. The highest BCUT2D eigenvalue weighted by atomic mass is 16.5. The molecule has 2 heterocycles. The lowest BCUT2D eigenvalue weighted by Gasteiger charge is -2.35. The summed E-state index contributed by atoms with van der Waals surface area (Å²) in [7, 11) is 3.20. The Balaban J connectivity index is 1.47. The van der Waals surface area contributed by atoms with Crippen LogP contribution in [0, 0.1) is 0 Å². The molecule has 8 heteroatoms. The van der Waals surface area contributed by atoms with Crippen LogP contribution < -0.4 is 14.2 Å². The number of hydrogen-bond donors (Lipinski definition) is 2. The molecule has 4 rings (SSSR count). The van der Waals surface area contributed by atoms with Crippen LogP contribution in [-0.2, 0) is 4.74 Å². The lowest BCUT2D eigenvalue weighted by molar-refractivity contribution is -0.0699. The SMILES string of the molecule is COc1ccc(-c2cn[nH]c2-c2ccc(OCCN3CC(C)OC(C)C3)cc2O)cc1OC. The van der Waals surface area contributed by atoms with Crippen LogP contribution in [-0.4, -0.2) is 72.9 Å². The van der Waals surface area contributed by atoms with Crippen LogP contribution in [0.15, 0.2) is 42.6 Å². The van der Waals surface area contributed by atoms with Gasteiger partial charge in [-0.3, -0.25) is 10.00 Å². The zero-order valence-corrected chi connectivity index (χ0v) is 19.5. The van der Waals surface area contributed by atoms with Gasteiger partial charge < -0.3 is 24.1 Å². The third kappa shape index (κ3) is 5.23. The topological polar surface area (TPSA) is 89.1 Å². The van der Waals surface area contributed by atoms with Crippen molar-refractivity contribution < 1.29 is 24.1 Å². The third-order valence-corrected chi connectivity index (χ3v) is 5.74. The number of aromatic nitrogens is 2. The number of hydrogen-bond acceptors (Lipinski definition) is 7. The van der Waals surface area contributed by atoms with Crippen molar-refractivity contribution in [3.05, 3.63) is 42.6 Å². The molecule has 1 aliphatic rings. The molecule has 3 aromatic rings. The van der Waals surface area contributed by atoms with E-state index in [1.54, 1.807) is 26.5 Å². The van der Waals surface area contributed by atoms with Gasteiger partial charge in [-0.1, -0.05) is 6.07 Å². The molecule has 0 saturated carbocycles. The molecule has 0 radical (unpaired) electrons. The summed E-state index contributed by atoms with van der Waals surface area (Å²) in [6, 6.07) is 11.0. The predicted molar refractivity (Wildman–Crippen MR) is 126 cm³/mol. The fraction of sp³-hybridized carbons (Fsp3) is 0.400. The lowest BCUT2D eigenvalue weighted by atomic mass is 10.0. The van der Waals surface area contributed by atoms with Crippen molar-refractivity contribution in [2.24, 2.45) is 0 Å². The van der Waals surface area contributed by atoms with Crippen molar-refractivity contribution >= 4 is 0 Å². The molecule has 33 heavy (non-hydrogen) atoms. The van der Waals surface area contributed by atoms with E-state index in [0.29, 0.717) is 35.1 Å². The van der Waals surface area contributed by atoms with Crippen molar-refractivity contribution in [3.8, 4) is 45.4 Å². The van der Waals surface area contributed by atoms with E-state index >= 15 is 0 Å². The zero-order chi connectivity index (χ0) is 23.4. The number of nitrogens with zero attached hydrogens (tertiary/aromatic N) is 2. The van der Waals surface area contributed by atoms with Gasteiger partial charge in [0, 0.05) is 36.8 Å². The number of aromatic hydroxyl groups is 1. The highest BCUT2D eigenvalue weighted by Gasteiger charge is 2.22. The normalized spacial score (nSPS) is 18.8. The minimum atomic E-state index is 0.118. The molecule has 0 aliphatic carbocycles. The van der Waals surface area contributed by atoms with E-state index in [4.69, 9.17) is 18.9 Å². The number of ether oxygens (including phenoxy) is 4. The molecule has 1 fully saturated rings. The number of H-pyrrole nitrogens is 1. The van der Waals surface area contributed by atoms with Crippen molar-refractivity contribution in [2.75, 3.05) is 40.5 Å². The quantitative estimate of drug-likeness (QED) is 0.534. The number of aromatic amines is 1. The number of rotatable bonds is 8. The smallest absolute Gasteiger partial charge is 0.161 e. The molecule has 176 valence electrons. The van der Waals surface area contributed by atoms with E-state index in [1.807, 2.05) is 30.3 Å². The molecular formula is C25H31N3O5. The first-order valence-corrected chi connectivity index (χ1v) is 11.1. The summed E-state index contributed by atoms with van der Waals surface area (Å²) < 4.78 is 22.4. The van der Waals surface area contributed by atoms with E-state index in [1.165, 1.54) is 0 Å². The van der Waals surface area contributed by atoms with E-state index in [9.17, 15) is 5.11 Å². The minimum Gasteiger partial charge on any atom is -0.507 e. The Morgan fingerprint density at radius 3 is 2.48 bits per heavy atom. The van der Waals surface area contributed by atoms with Crippen LogP contribution in [0.2, 0.25) is 0 Å². The summed E-state index contributed by atoms with van der Waals surface area (Å²) in [5, 5.41) is 17.9. The van der Waals surface area contributed by atoms with Crippen LogP contribution in [0.4, 0.5) is 0 Å². The average molecular weight is 454 g/mol. The molecule has 0 spiro atoms. The third-order valence-electron chi connectivity index (χ3n) is 5.74. The summed E-state index contributed by atoms with van der Waals surface area (Å²) >= 11 is 0. The Labute approximate surface area is 194 Å². The highest BCUT2D eigenvalue weighted by molar-refractivity contribution is 5.84. The molecule has 0 amide bonds. The summed E-state index contributed by atoms with van der Waals surface area (Å²) in [5.41, 5.74) is 3.09. The summed E-state index contributed by atoms with van der Waals surface area (Å²) in [5.74, 6) is 2.01. The van der Waals surface area contributed by atoms with E-state index in [0.717, 1.165) is 30.8 Å². The number of phenolic OH excluding ortho intramolecular Hbond substituents is 1. The highest BCUT2D eigenvalue weighted by Crippen LogP contribution is 2.39. The van der Waals surface area contributed by atoms with Crippen LogP contribution in [0.25, 0.3) is 22.4 Å². The van der Waals surface area contributed by atoms with E-state index in [2.05, 4.69) is 28.9 Å². The van der Waals surface area contributed by atoms with Gasteiger partial charge in [0.25, 0.3) is 0 Å². The molecule has 8 nitrogen and oxygen atoms in total. The second-order valence-corrected chi connectivity index (χ2v) is 8.27. The number of nitrogens with one attached hydrogen (secondary N) is 1. The molecule has 2 aromatic carbocycles. The maximum Gasteiger partial charge on any atom is 0.161 e. The summed E-state index contributed by atoms with van der Waals surface area (Å²) in [6.45, 7) is 7.33. The largest absolute Gasteiger partial charge is 0.507 e. The first kappa shape index (κ1) is 22.9. The van der Waals surface area contributed by atoms with Gasteiger partial charge in [-0.25, -0.2) is 0 Å². The Bertz CT molecular complexity index is 1070. The van der Waals surface area contributed by atoms with Crippen LogP contribution in [0.1, 0.15) is 13.8 Å². The fourth-order valence-electron chi connectivity index (χ4n) is 4.29. The van der Waals surface area contributed by atoms with Gasteiger partial charge in [0.2, 0.25) is 0 Å². The van der Waals surface area contributed by atoms with Crippen LogP contribution in [0.5, 0.6) is 23.0 Å². The second kappa shape index (κ2) is 10.1. The molecule has 0 bridgehead atoms. The summed E-state index contributed by atoms with van der Waals surface area (Å²) in [6.07, 6.45) is 2.18. The van der Waals surface area contributed by atoms with Crippen molar-refractivity contribution in [2.45, 2.75) is 26.1 Å². The number of benzene rings is 2. The van der Waals surface area contributed by atoms with Crippen molar-refractivity contribution in [1.29, 1.82) is 0 Å². The van der Waals surface area contributed by atoms with Crippen LogP contribution in [0.3, 0.4) is 0 Å². The van der Waals surface area contributed by atoms with Gasteiger partial charge >= 0.3 is 0 Å². The average Bonchev–Trinajstić information content (AvgIpc) is 3.27. The van der Waals surface area contributed by atoms with Crippen LogP contribution >= 0.6 is 0 Å². The minimum absolute atomic E-state index is 0.118. The molecule has 2 N–H and O–H groups in total. The lowest BCUT2D eigenvalue weighted by Crippen LogP contribution is -2.46. The summed E-state index contributed by atoms with van der Waals surface area (Å²) in [4.78, 5) is 2.34. The van der Waals surface area contributed by atoms with Gasteiger partial charge in [-0.15, -0.1) is 0 Å². The maximum absolute atomic E-state index is 10.7. The molecule has 2 atom stereocenters. The first-order chi connectivity index (χ1) is 16.0. The van der Waals surface area contributed by atoms with E-state index in [-0.39, 0.29) is 18.0 Å². The predicted octanol–water partition coefficient (Wildman–Crippen LogP) is 3.95. The van der Waals surface area contributed by atoms with E-state index < -0.39 is 0 Å². The van der Waals surface area contributed by atoms with Crippen molar-refractivity contribution in [1.82, 2.24) is 15.1 Å². The Hall–Kier alpha value is -3.23. The first-order valence-electron chi connectivity index (χ1n) is 11.1. The Morgan fingerprint density at radius 1 is 1.03 bits per heavy atom. The maximum atomic E-state index is 10.7. The zero-order valence-electron chi connectivity index (χ0n) is 19.5. The van der Waals surface area contributed by atoms with Gasteiger partial charge in [-0.05, 0) is 43.7 Å². The monoisotopic (exact) mass is 453 g/mol. The van der Waals surface area contributed by atoms with Gasteiger partial charge in [-0.2, -0.15) is 5.10 Å². The number of morpholine rings is 1. The second-order valence-electron chi connectivity index (χ2n) is 8.27. The van der Waals surface area contributed by atoms with Gasteiger partial charge in [0.1, 0.15) is 18.1 Å². The van der Waals surface area contributed by atoms with Crippen molar-refractivity contribution in [3.63, 3.8) is 0 Å².